The molecular formula is C16H12Cl2N2O2S. The molecule has 0 atom stereocenters. The lowest BCUT2D eigenvalue weighted by Crippen LogP contribution is -2.11. The highest BCUT2D eigenvalue weighted by molar-refractivity contribution is 7.95. The van der Waals surface area contributed by atoms with E-state index in [4.69, 9.17) is 28.5 Å². The minimum atomic E-state index is -3.84. The van der Waals surface area contributed by atoms with Crippen molar-refractivity contribution in [2.24, 2.45) is 0 Å². The summed E-state index contributed by atoms with van der Waals surface area (Å²) < 4.78 is 24.7. The van der Waals surface area contributed by atoms with Gasteiger partial charge < -0.3 is 5.32 Å². The lowest BCUT2D eigenvalue weighted by atomic mass is 10.2. The molecule has 0 aliphatic heterocycles. The van der Waals surface area contributed by atoms with Gasteiger partial charge in [0.05, 0.1) is 4.90 Å². The largest absolute Gasteiger partial charge is 0.385 e. The van der Waals surface area contributed by atoms with E-state index in [9.17, 15) is 8.42 Å². The Morgan fingerprint density at radius 2 is 1.87 bits per heavy atom. The number of nitriles is 1. The van der Waals surface area contributed by atoms with Crippen LogP contribution in [0.3, 0.4) is 0 Å². The summed E-state index contributed by atoms with van der Waals surface area (Å²) in [6, 6.07) is 14.5. The normalized spacial score (nSPS) is 11.8. The number of hydrogen-bond acceptors (Lipinski definition) is 4. The number of nitrogens with one attached hydrogen (secondary N) is 1. The molecule has 0 radical (unpaired) electrons. The monoisotopic (exact) mass is 366 g/mol. The predicted octanol–water partition coefficient (Wildman–Crippen LogP) is 3.92. The lowest BCUT2D eigenvalue weighted by Gasteiger charge is -2.06. The van der Waals surface area contributed by atoms with E-state index in [1.807, 2.05) is 0 Å². The fourth-order valence-corrected chi connectivity index (χ4v) is 3.42. The molecule has 0 heterocycles. The van der Waals surface area contributed by atoms with Crippen LogP contribution in [0.2, 0.25) is 10.0 Å². The standard InChI is InChI=1S/C16H12Cl2N2O2S/c17-13-7-6-12(16(18)8-13)10-20-11-15(9-19)23(21,22)14-4-2-1-3-5-14/h1-8,11,20H,10H2/b15-11+. The van der Waals surface area contributed by atoms with Gasteiger partial charge in [0.2, 0.25) is 9.84 Å². The number of hydrogen-bond donors (Lipinski definition) is 1. The molecule has 7 heteroatoms. The molecule has 2 aromatic carbocycles. The Morgan fingerprint density at radius 1 is 1.17 bits per heavy atom. The SMILES string of the molecule is N#C/C(=C\NCc1ccc(Cl)cc1Cl)S(=O)(=O)c1ccccc1. The van der Waals surface area contributed by atoms with Crippen LogP contribution in [0.4, 0.5) is 0 Å². The van der Waals surface area contributed by atoms with E-state index < -0.39 is 9.84 Å². The van der Waals surface area contributed by atoms with Crippen LogP contribution in [0.15, 0.2) is 64.5 Å². The number of allylic oxidation sites excluding steroid dienone is 1. The summed E-state index contributed by atoms with van der Waals surface area (Å²) in [5.74, 6) is 0. The predicted molar refractivity (Wildman–Crippen MR) is 90.6 cm³/mol. The number of rotatable bonds is 5. The Morgan fingerprint density at radius 3 is 2.48 bits per heavy atom. The van der Waals surface area contributed by atoms with E-state index in [1.54, 1.807) is 42.5 Å². The fourth-order valence-electron chi connectivity index (χ4n) is 1.82. The van der Waals surface area contributed by atoms with Gasteiger partial charge in [0.15, 0.2) is 4.91 Å². The van der Waals surface area contributed by atoms with Gasteiger partial charge in [0.25, 0.3) is 0 Å². The van der Waals surface area contributed by atoms with Crippen LogP contribution in [0, 0.1) is 11.3 Å². The van der Waals surface area contributed by atoms with Gasteiger partial charge in [-0.15, -0.1) is 0 Å². The van der Waals surface area contributed by atoms with E-state index in [-0.39, 0.29) is 16.3 Å². The third-order valence-electron chi connectivity index (χ3n) is 2.99. The Hall–Kier alpha value is -2.00. The Bertz CT molecular complexity index is 873. The zero-order valence-electron chi connectivity index (χ0n) is 11.8. The van der Waals surface area contributed by atoms with Gasteiger partial charge in [0.1, 0.15) is 6.07 Å². The molecule has 4 nitrogen and oxygen atoms in total. The number of benzene rings is 2. The second-order valence-electron chi connectivity index (χ2n) is 4.55. The van der Waals surface area contributed by atoms with Crippen molar-refractivity contribution < 1.29 is 8.42 Å². The van der Waals surface area contributed by atoms with Crippen LogP contribution >= 0.6 is 23.2 Å². The second-order valence-corrected chi connectivity index (χ2v) is 7.32. The molecule has 118 valence electrons. The molecular weight excluding hydrogens is 355 g/mol. The van der Waals surface area contributed by atoms with E-state index >= 15 is 0 Å². The lowest BCUT2D eigenvalue weighted by molar-refractivity contribution is 0.602. The summed E-state index contributed by atoms with van der Waals surface area (Å²) >= 11 is 11.8. The quantitative estimate of drug-likeness (QED) is 0.814. The highest BCUT2D eigenvalue weighted by atomic mass is 35.5. The van der Waals surface area contributed by atoms with Crippen molar-refractivity contribution in [3.8, 4) is 6.07 Å². The van der Waals surface area contributed by atoms with Crippen LogP contribution in [-0.2, 0) is 16.4 Å². The van der Waals surface area contributed by atoms with Crippen LogP contribution in [0.1, 0.15) is 5.56 Å². The molecule has 2 aromatic rings. The number of nitrogens with zero attached hydrogens (tertiary/aromatic N) is 1. The van der Waals surface area contributed by atoms with Crippen molar-refractivity contribution in [2.45, 2.75) is 11.4 Å². The van der Waals surface area contributed by atoms with Crippen LogP contribution in [0.5, 0.6) is 0 Å². The van der Waals surface area contributed by atoms with Crippen LogP contribution < -0.4 is 5.32 Å². The topological polar surface area (TPSA) is 70.0 Å². The first kappa shape index (κ1) is 17.4. The molecule has 2 rings (SSSR count). The minimum Gasteiger partial charge on any atom is -0.385 e. The average Bonchev–Trinajstić information content (AvgIpc) is 2.54. The zero-order valence-corrected chi connectivity index (χ0v) is 14.2. The first-order valence-corrected chi connectivity index (χ1v) is 8.77. The van der Waals surface area contributed by atoms with Crippen LogP contribution in [0.25, 0.3) is 0 Å². The van der Waals surface area contributed by atoms with Gasteiger partial charge in [-0.1, -0.05) is 47.5 Å². The summed E-state index contributed by atoms with van der Waals surface area (Å²) in [6.45, 7) is 0.269. The molecule has 0 aliphatic rings. The average molecular weight is 367 g/mol. The fraction of sp³-hybridized carbons (Fsp3) is 0.0625. The van der Waals surface area contributed by atoms with Crippen molar-refractivity contribution in [3.05, 3.63) is 75.2 Å². The van der Waals surface area contributed by atoms with Gasteiger partial charge in [-0.3, -0.25) is 0 Å². The van der Waals surface area contributed by atoms with Crippen molar-refractivity contribution in [1.82, 2.24) is 5.32 Å². The Kier molecular flexibility index (Phi) is 5.67. The van der Waals surface area contributed by atoms with Crippen LogP contribution in [-0.4, -0.2) is 8.42 Å². The van der Waals surface area contributed by atoms with E-state index in [0.717, 1.165) is 5.56 Å². The summed E-state index contributed by atoms with van der Waals surface area (Å²) in [4.78, 5) is -0.298. The molecule has 1 N–H and O–H groups in total. The van der Waals surface area contributed by atoms with Crippen molar-refractivity contribution in [1.29, 1.82) is 5.26 Å². The molecule has 0 saturated heterocycles. The number of halogens is 2. The molecule has 0 spiro atoms. The van der Waals surface area contributed by atoms with Gasteiger partial charge in [0, 0.05) is 22.8 Å². The number of sulfone groups is 1. The zero-order chi connectivity index (χ0) is 16.9. The molecule has 0 saturated carbocycles. The first-order chi connectivity index (χ1) is 10.9. The summed E-state index contributed by atoms with van der Waals surface area (Å²) in [5.41, 5.74) is 0.738. The third-order valence-corrected chi connectivity index (χ3v) is 5.26. The van der Waals surface area contributed by atoms with Gasteiger partial charge >= 0.3 is 0 Å². The van der Waals surface area contributed by atoms with E-state index in [0.29, 0.717) is 10.0 Å². The van der Waals surface area contributed by atoms with Gasteiger partial charge in [-0.05, 0) is 29.8 Å². The van der Waals surface area contributed by atoms with E-state index in [2.05, 4.69) is 5.32 Å². The van der Waals surface area contributed by atoms with Crippen molar-refractivity contribution in [3.63, 3.8) is 0 Å². The summed E-state index contributed by atoms with van der Waals surface area (Å²) in [6.07, 6.45) is 1.17. The first-order valence-electron chi connectivity index (χ1n) is 6.53. The van der Waals surface area contributed by atoms with Crippen molar-refractivity contribution >= 4 is 33.0 Å². The minimum absolute atomic E-state index is 0.0686. The van der Waals surface area contributed by atoms with Gasteiger partial charge in [-0.2, -0.15) is 5.26 Å². The maximum absolute atomic E-state index is 12.3. The van der Waals surface area contributed by atoms with Crippen molar-refractivity contribution in [2.75, 3.05) is 0 Å². The highest BCUT2D eigenvalue weighted by Gasteiger charge is 2.20. The molecule has 0 aromatic heterocycles. The summed E-state index contributed by atoms with van der Waals surface area (Å²) in [7, 11) is -3.84. The molecule has 0 fully saturated rings. The summed E-state index contributed by atoms with van der Waals surface area (Å²) in [5, 5.41) is 12.9. The molecule has 0 unspecified atom stereocenters. The van der Waals surface area contributed by atoms with E-state index in [1.165, 1.54) is 18.3 Å². The highest BCUT2D eigenvalue weighted by Crippen LogP contribution is 2.21. The second kappa shape index (κ2) is 7.51. The smallest absolute Gasteiger partial charge is 0.218 e. The maximum atomic E-state index is 12.3. The Balaban J connectivity index is 2.18. The molecule has 23 heavy (non-hydrogen) atoms. The molecule has 0 amide bonds. The third kappa shape index (κ3) is 4.26. The van der Waals surface area contributed by atoms with Gasteiger partial charge in [-0.25, -0.2) is 8.42 Å². The molecule has 0 aliphatic carbocycles. The maximum Gasteiger partial charge on any atom is 0.218 e. The molecule has 0 bridgehead atoms. The Labute approximate surface area is 144 Å².